The molecule has 1 atom stereocenters. The number of rotatable bonds is 8. The number of aromatic nitrogens is 4. The molecule has 2 N–H and O–H groups in total. The molecule has 0 bridgehead atoms. The maximum atomic E-state index is 12.2. The Morgan fingerprint density at radius 1 is 1.42 bits per heavy atom. The Morgan fingerprint density at radius 3 is 3.03 bits per heavy atom. The second-order valence-electron chi connectivity index (χ2n) is 8.15. The average Bonchev–Trinajstić information content (AvgIpc) is 3.47. The molecule has 4 heterocycles. The molecule has 33 heavy (non-hydrogen) atoms. The molecule has 0 saturated carbocycles. The van der Waals surface area contributed by atoms with Crippen LogP contribution < -0.4 is 5.73 Å². The van der Waals surface area contributed by atoms with Crippen molar-refractivity contribution in [1.82, 2.24) is 24.6 Å². The van der Waals surface area contributed by atoms with Crippen LogP contribution in [0.3, 0.4) is 0 Å². The van der Waals surface area contributed by atoms with Crippen molar-refractivity contribution in [1.29, 1.82) is 0 Å². The van der Waals surface area contributed by atoms with E-state index in [1.807, 2.05) is 22.6 Å². The molecule has 8 nitrogen and oxygen atoms in total. The molecule has 1 aliphatic heterocycles. The number of thiophene rings is 1. The molecule has 1 amide bonds. The van der Waals surface area contributed by atoms with Gasteiger partial charge < -0.3 is 15.4 Å². The Labute approximate surface area is 197 Å². The molecule has 9 heteroatoms. The van der Waals surface area contributed by atoms with E-state index in [-0.39, 0.29) is 11.9 Å². The number of amides is 1. The van der Waals surface area contributed by atoms with Crippen molar-refractivity contribution >= 4 is 34.1 Å². The topological polar surface area (TPSA) is 99.2 Å². The van der Waals surface area contributed by atoms with Crippen molar-refractivity contribution < 1.29 is 9.53 Å². The van der Waals surface area contributed by atoms with Gasteiger partial charge in [-0.1, -0.05) is 13.5 Å². The Kier molecular flexibility index (Phi) is 7.08. The summed E-state index contributed by atoms with van der Waals surface area (Å²) in [5, 5.41) is 7.78. The van der Waals surface area contributed by atoms with Gasteiger partial charge in [0.05, 0.1) is 22.1 Å². The van der Waals surface area contributed by atoms with E-state index in [1.54, 1.807) is 11.3 Å². The van der Waals surface area contributed by atoms with Crippen LogP contribution in [0.15, 0.2) is 42.3 Å². The number of carbonyl (C=O) groups excluding carboxylic acids is 1. The highest BCUT2D eigenvalue weighted by molar-refractivity contribution is 7.13. The van der Waals surface area contributed by atoms with E-state index in [4.69, 9.17) is 15.6 Å². The summed E-state index contributed by atoms with van der Waals surface area (Å²) in [5.74, 6) is 1.35. The first-order valence-corrected chi connectivity index (χ1v) is 12.2. The van der Waals surface area contributed by atoms with Crippen molar-refractivity contribution in [2.24, 2.45) is 0 Å². The first-order chi connectivity index (χ1) is 16.0. The van der Waals surface area contributed by atoms with E-state index in [2.05, 4.69) is 34.9 Å². The lowest BCUT2D eigenvalue weighted by Crippen LogP contribution is -2.40. The lowest BCUT2D eigenvalue weighted by molar-refractivity contribution is -0.127. The predicted octanol–water partition coefficient (Wildman–Crippen LogP) is 4.71. The molecule has 3 aromatic rings. The van der Waals surface area contributed by atoms with Crippen LogP contribution >= 0.6 is 11.3 Å². The van der Waals surface area contributed by atoms with Crippen LogP contribution in [0.1, 0.15) is 51.1 Å². The van der Waals surface area contributed by atoms with Crippen LogP contribution in [-0.4, -0.2) is 43.6 Å². The van der Waals surface area contributed by atoms with Crippen LogP contribution in [0, 0.1) is 0 Å². The average molecular weight is 467 g/mol. The van der Waals surface area contributed by atoms with Crippen molar-refractivity contribution in [2.75, 3.05) is 18.8 Å². The number of ether oxygens (including phenoxy) is 1. The van der Waals surface area contributed by atoms with Gasteiger partial charge in [0.1, 0.15) is 24.4 Å². The number of fused-ring (bicyclic) bond motifs is 1. The Bertz CT molecular complexity index is 1180. The van der Waals surface area contributed by atoms with Gasteiger partial charge in [-0.2, -0.15) is 5.10 Å². The van der Waals surface area contributed by atoms with Crippen molar-refractivity contribution in [2.45, 2.75) is 52.2 Å². The number of likely N-dealkylation sites (tertiary alicyclic amines) is 1. The Morgan fingerprint density at radius 2 is 2.27 bits per heavy atom. The summed E-state index contributed by atoms with van der Waals surface area (Å²) >= 11 is 1.60. The summed E-state index contributed by atoms with van der Waals surface area (Å²) in [6, 6.07) is 2.11. The highest BCUT2D eigenvalue weighted by Gasteiger charge is 2.28. The fraction of sp³-hybridized carbons (Fsp3) is 0.417. The highest BCUT2D eigenvalue weighted by atomic mass is 32.1. The van der Waals surface area contributed by atoms with E-state index in [0.29, 0.717) is 24.6 Å². The number of nitrogen functional groups attached to an aromatic ring is 1. The van der Waals surface area contributed by atoms with Crippen LogP contribution in [0.4, 0.5) is 5.82 Å². The SMILES string of the molecule is C=CC(=O)N1CCCC(n2nc(-c3cc(CO/C(=C/C)CCC)cs3)c3c(N)ncnc32)C1. The maximum Gasteiger partial charge on any atom is 0.246 e. The molecule has 3 aromatic heterocycles. The number of hydrogen-bond acceptors (Lipinski definition) is 7. The largest absolute Gasteiger partial charge is 0.494 e. The maximum absolute atomic E-state index is 12.2. The van der Waals surface area contributed by atoms with Gasteiger partial charge in [-0.25, -0.2) is 14.6 Å². The fourth-order valence-electron chi connectivity index (χ4n) is 4.20. The van der Waals surface area contributed by atoms with Gasteiger partial charge in [0.15, 0.2) is 5.65 Å². The van der Waals surface area contributed by atoms with Crippen molar-refractivity contribution in [3.05, 3.63) is 47.8 Å². The molecular formula is C24H30N6O2S. The van der Waals surface area contributed by atoms with E-state index >= 15 is 0 Å². The summed E-state index contributed by atoms with van der Waals surface area (Å²) in [7, 11) is 0. The fourth-order valence-corrected chi connectivity index (χ4v) is 5.09. The predicted molar refractivity (Wildman–Crippen MR) is 132 cm³/mol. The van der Waals surface area contributed by atoms with Crippen LogP contribution in [0.25, 0.3) is 21.6 Å². The lowest BCUT2D eigenvalue weighted by atomic mass is 10.1. The summed E-state index contributed by atoms with van der Waals surface area (Å²) in [4.78, 5) is 23.7. The lowest BCUT2D eigenvalue weighted by Gasteiger charge is -2.32. The molecule has 174 valence electrons. The summed E-state index contributed by atoms with van der Waals surface area (Å²) in [6.07, 6.45) is 8.65. The second kappa shape index (κ2) is 10.2. The minimum absolute atomic E-state index is 0.0160. The summed E-state index contributed by atoms with van der Waals surface area (Å²) in [5.41, 5.74) is 8.83. The molecule has 0 spiro atoms. The van der Waals surface area contributed by atoms with Crippen molar-refractivity contribution in [3.8, 4) is 10.6 Å². The summed E-state index contributed by atoms with van der Waals surface area (Å²) < 4.78 is 7.89. The number of carbonyl (C=O) groups is 1. The zero-order valence-electron chi connectivity index (χ0n) is 19.2. The molecule has 0 aliphatic carbocycles. The van der Waals surface area contributed by atoms with Gasteiger partial charge in [0.25, 0.3) is 0 Å². The number of nitrogens with zero attached hydrogens (tertiary/aromatic N) is 5. The zero-order chi connectivity index (χ0) is 23.4. The van der Waals surface area contributed by atoms with E-state index in [0.717, 1.165) is 59.5 Å². The Hall–Kier alpha value is -3.20. The quantitative estimate of drug-likeness (QED) is 0.381. The molecule has 4 rings (SSSR count). The van der Waals surface area contributed by atoms with Crippen molar-refractivity contribution in [3.63, 3.8) is 0 Å². The number of allylic oxidation sites excluding steroid dienone is 2. The molecule has 1 unspecified atom stereocenters. The third-order valence-corrected chi connectivity index (χ3v) is 6.86. The minimum atomic E-state index is -0.0583. The number of nitrogens with two attached hydrogens (primary N) is 1. The monoisotopic (exact) mass is 466 g/mol. The van der Waals surface area contributed by atoms with Gasteiger partial charge in [-0.3, -0.25) is 4.79 Å². The molecule has 1 fully saturated rings. The molecule has 1 aliphatic rings. The van der Waals surface area contributed by atoms with Crippen LogP contribution in [-0.2, 0) is 16.1 Å². The van der Waals surface area contributed by atoms with E-state index in [1.165, 1.54) is 12.4 Å². The van der Waals surface area contributed by atoms with Crippen LogP contribution in [0.5, 0.6) is 0 Å². The van der Waals surface area contributed by atoms with Crippen LogP contribution in [0.2, 0.25) is 0 Å². The van der Waals surface area contributed by atoms with E-state index in [9.17, 15) is 4.79 Å². The normalized spacial score (nSPS) is 16.8. The van der Waals surface area contributed by atoms with Gasteiger partial charge in [-0.05, 0) is 49.8 Å². The molecule has 0 radical (unpaired) electrons. The molecule has 1 saturated heterocycles. The highest BCUT2D eigenvalue weighted by Crippen LogP contribution is 2.36. The summed E-state index contributed by atoms with van der Waals surface area (Å²) in [6.45, 7) is 9.57. The first-order valence-electron chi connectivity index (χ1n) is 11.3. The third kappa shape index (κ3) is 4.78. The standard InChI is InChI=1S/C24H30N6O2S/c1-4-8-18(5-2)32-13-16-11-19(33-14-16)22-21-23(25)26-15-27-24(21)30(28-22)17-9-7-10-29(12-17)20(31)6-3/h5-6,11,14-15,17H,3-4,7-10,12-13H2,1-2H3,(H2,25,26,27)/b18-5+. The van der Waals surface area contributed by atoms with Gasteiger partial charge in [0, 0.05) is 25.1 Å². The van der Waals surface area contributed by atoms with Gasteiger partial charge in [0.2, 0.25) is 5.91 Å². The van der Waals surface area contributed by atoms with Gasteiger partial charge in [-0.15, -0.1) is 11.3 Å². The van der Waals surface area contributed by atoms with E-state index < -0.39 is 0 Å². The first kappa shape index (κ1) is 23.0. The Balaban J connectivity index is 1.65. The second-order valence-corrected chi connectivity index (χ2v) is 9.06. The smallest absolute Gasteiger partial charge is 0.246 e. The minimum Gasteiger partial charge on any atom is -0.494 e. The molecular weight excluding hydrogens is 436 g/mol. The number of anilines is 1. The molecule has 0 aromatic carbocycles. The third-order valence-electron chi connectivity index (χ3n) is 5.88. The number of piperidine rings is 1. The zero-order valence-corrected chi connectivity index (χ0v) is 20.0. The number of hydrogen-bond donors (Lipinski definition) is 1. The van der Waals surface area contributed by atoms with Gasteiger partial charge >= 0.3 is 0 Å².